The summed E-state index contributed by atoms with van der Waals surface area (Å²) in [5.74, 6) is 1.41. The molecule has 8 nitrogen and oxygen atoms in total. The van der Waals surface area contributed by atoms with Gasteiger partial charge in [0.2, 0.25) is 5.91 Å². The molecular weight excluding hydrogens is 595 g/mol. The van der Waals surface area contributed by atoms with E-state index >= 15 is 0 Å². The second-order valence-electron chi connectivity index (χ2n) is 13.1. The number of carbonyl (C=O) groups excluding carboxylic acids is 1. The summed E-state index contributed by atoms with van der Waals surface area (Å²) < 4.78 is 52.3. The van der Waals surface area contributed by atoms with Crippen molar-refractivity contribution in [3.05, 3.63) is 47.5 Å². The topological polar surface area (TPSA) is 64.3 Å². The third-order valence-electron chi connectivity index (χ3n) is 10.3. The molecule has 0 unspecified atom stereocenters. The fraction of sp³-hybridized carbons (Fsp3) is 0.571. The molecule has 0 spiro atoms. The van der Waals surface area contributed by atoms with E-state index in [0.29, 0.717) is 46.2 Å². The molecule has 46 heavy (non-hydrogen) atoms. The average molecular weight is 642 g/mol. The van der Waals surface area contributed by atoms with Crippen LogP contribution in [0.4, 0.5) is 13.2 Å². The number of fused-ring (bicyclic) bond motifs is 1. The summed E-state index contributed by atoms with van der Waals surface area (Å²) in [5, 5.41) is 0.595. The standard InChI is InChI=1S/C35H46F3N5O3/c1-40-16-18-42(19-17-40)27-10-14-43(15-11-27)33(44)23-41-12-8-24(9-13-41)25-4-6-30-28(20-25)29(22-35(36,37)38)34(39-30)26-5-7-31(45-2)32(21-26)46-3/h4-7,20-21,24,27,39H,8-19,22-23H2,1-3H3. The highest BCUT2D eigenvalue weighted by Gasteiger charge is 2.33. The van der Waals surface area contributed by atoms with Crippen LogP contribution in [0.3, 0.4) is 0 Å². The molecule has 3 fully saturated rings. The first kappa shape index (κ1) is 32.7. The average Bonchev–Trinajstić information content (AvgIpc) is 3.41. The van der Waals surface area contributed by atoms with Gasteiger partial charge in [0.1, 0.15) is 0 Å². The van der Waals surface area contributed by atoms with Gasteiger partial charge in [-0.25, -0.2) is 0 Å². The Bertz CT molecular complexity index is 1500. The van der Waals surface area contributed by atoms with Gasteiger partial charge in [-0.2, -0.15) is 13.2 Å². The summed E-state index contributed by atoms with van der Waals surface area (Å²) in [5.41, 5.74) is 3.00. The molecule has 250 valence electrons. The van der Waals surface area contributed by atoms with Crippen LogP contribution in [0.2, 0.25) is 0 Å². The van der Waals surface area contributed by atoms with Gasteiger partial charge >= 0.3 is 6.18 Å². The number of carbonyl (C=O) groups is 1. The minimum Gasteiger partial charge on any atom is -0.493 e. The Hall–Kier alpha value is -3.28. The predicted octanol–water partition coefficient (Wildman–Crippen LogP) is 5.37. The smallest absolute Gasteiger partial charge is 0.393 e. The van der Waals surface area contributed by atoms with Crippen LogP contribution in [0.15, 0.2) is 36.4 Å². The number of nitrogens with one attached hydrogen (secondary N) is 1. The number of methoxy groups -OCH3 is 2. The molecule has 1 aromatic heterocycles. The highest BCUT2D eigenvalue weighted by atomic mass is 19.4. The van der Waals surface area contributed by atoms with Crippen LogP contribution in [-0.2, 0) is 11.2 Å². The molecule has 3 aliphatic heterocycles. The maximum atomic E-state index is 13.9. The van der Waals surface area contributed by atoms with Crippen molar-refractivity contribution in [3.63, 3.8) is 0 Å². The molecule has 1 amide bonds. The van der Waals surface area contributed by atoms with Crippen LogP contribution in [0.25, 0.3) is 22.2 Å². The van der Waals surface area contributed by atoms with E-state index in [1.165, 1.54) is 14.2 Å². The highest BCUT2D eigenvalue weighted by molar-refractivity contribution is 5.92. The number of benzene rings is 2. The summed E-state index contributed by atoms with van der Waals surface area (Å²) in [6.07, 6.45) is -1.58. The zero-order chi connectivity index (χ0) is 32.4. The molecule has 2 aromatic carbocycles. The number of aromatic amines is 1. The lowest BCUT2D eigenvalue weighted by atomic mass is 9.88. The number of likely N-dealkylation sites (tertiary alicyclic amines) is 2. The molecule has 3 saturated heterocycles. The molecule has 1 N–H and O–H groups in total. The predicted molar refractivity (Wildman–Crippen MR) is 174 cm³/mol. The largest absolute Gasteiger partial charge is 0.493 e. The van der Waals surface area contributed by atoms with Crippen molar-refractivity contribution in [2.45, 2.75) is 50.2 Å². The summed E-state index contributed by atoms with van der Waals surface area (Å²) in [6, 6.07) is 11.6. The van der Waals surface area contributed by atoms with E-state index in [1.807, 2.05) is 23.1 Å². The number of alkyl halides is 3. The van der Waals surface area contributed by atoms with Crippen molar-refractivity contribution in [2.75, 3.05) is 80.2 Å². The summed E-state index contributed by atoms with van der Waals surface area (Å²) in [7, 11) is 5.21. The first-order valence-electron chi connectivity index (χ1n) is 16.5. The number of amides is 1. The van der Waals surface area contributed by atoms with Crippen LogP contribution in [0.5, 0.6) is 11.5 Å². The fourth-order valence-corrected chi connectivity index (χ4v) is 7.52. The van der Waals surface area contributed by atoms with E-state index in [-0.39, 0.29) is 17.4 Å². The van der Waals surface area contributed by atoms with Crippen LogP contribution in [0.1, 0.15) is 42.7 Å². The van der Waals surface area contributed by atoms with Gasteiger partial charge in [0.25, 0.3) is 0 Å². The Morgan fingerprint density at radius 3 is 2.22 bits per heavy atom. The number of hydrogen-bond acceptors (Lipinski definition) is 6. The second-order valence-corrected chi connectivity index (χ2v) is 13.1. The van der Waals surface area contributed by atoms with E-state index in [4.69, 9.17) is 9.47 Å². The first-order valence-corrected chi connectivity index (χ1v) is 16.5. The number of halogens is 3. The van der Waals surface area contributed by atoms with Crippen molar-refractivity contribution in [1.82, 2.24) is 24.6 Å². The Kier molecular flexibility index (Phi) is 9.82. The number of H-pyrrole nitrogens is 1. The van der Waals surface area contributed by atoms with E-state index in [2.05, 4.69) is 26.7 Å². The minimum absolute atomic E-state index is 0.212. The van der Waals surface area contributed by atoms with Crippen molar-refractivity contribution >= 4 is 16.8 Å². The van der Waals surface area contributed by atoms with Crippen LogP contribution in [0, 0.1) is 0 Å². The summed E-state index contributed by atoms with van der Waals surface area (Å²) >= 11 is 0. The van der Waals surface area contributed by atoms with Gasteiger partial charge in [0.05, 0.1) is 32.9 Å². The normalized spacial score (nSPS) is 20.0. The molecule has 3 aromatic rings. The Labute approximate surface area is 269 Å². The number of ether oxygens (including phenoxy) is 2. The summed E-state index contributed by atoms with van der Waals surface area (Å²) in [6.45, 7) is 8.15. The quantitative estimate of drug-likeness (QED) is 0.357. The van der Waals surface area contributed by atoms with Crippen molar-refractivity contribution in [2.24, 2.45) is 0 Å². The number of likely N-dealkylation sites (N-methyl/N-ethyl adjacent to an activating group) is 1. The van der Waals surface area contributed by atoms with Gasteiger partial charge in [0, 0.05) is 61.8 Å². The number of piperazine rings is 1. The van der Waals surface area contributed by atoms with E-state index in [9.17, 15) is 18.0 Å². The van der Waals surface area contributed by atoms with Gasteiger partial charge in [0.15, 0.2) is 11.5 Å². The number of piperidine rings is 2. The summed E-state index contributed by atoms with van der Waals surface area (Å²) in [4.78, 5) is 25.7. The molecule has 0 saturated carbocycles. The van der Waals surface area contributed by atoms with Crippen LogP contribution in [-0.4, -0.2) is 123 Å². The van der Waals surface area contributed by atoms with Gasteiger partial charge in [-0.15, -0.1) is 0 Å². The van der Waals surface area contributed by atoms with Crippen LogP contribution < -0.4 is 9.47 Å². The molecular formula is C35H46F3N5O3. The zero-order valence-electron chi connectivity index (χ0n) is 27.2. The Balaban J connectivity index is 1.10. The molecule has 0 bridgehead atoms. The van der Waals surface area contributed by atoms with Gasteiger partial charge in [-0.3, -0.25) is 14.6 Å². The molecule has 0 atom stereocenters. The number of hydrogen-bond donors (Lipinski definition) is 1. The lowest BCUT2D eigenvalue weighted by Crippen LogP contribution is -2.53. The van der Waals surface area contributed by atoms with Crippen LogP contribution >= 0.6 is 0 Å². The second kappa shape index (κ2) is 13.8. The number of nitrogens with zero attached hydrogens (tertiary/aromatic N) is 4. The van der Waals surface area contributed by atoms with Crippen molar-refractivity contribution in [1.29, 1.82) is 0 Å². The molecule has 0 aliphatic carbocycles. The highest BCUT2D eigenvalue weighted by Crippen LogP contribution is 2.40. The first-order chi connectivity index (χ1) is 22.1. The fourth-order valence-electron chi connectivity index (χ4n) is 7.52. The van der Waals surface area contributed by atoms with E-state index in [1.54, 1.807) is 18.2 Å². The van der Waals surface area contributed by atoms with Gasteiger partial charge in [-0.1, -0.05) is 6.07 Å². The maximum absolute atomic E-state index is 13.9. The zero-order valence-corrected chi connectivity index (χ0v) is 27.2. The molecule has 11 heteroatoms. The van der Waals surface area contributed by atoms with Crippen molar-refractivity contribution in [3.8, 4) is 22.8 Å². The number of aromatic nitrogens is 1. The minimum atomic E-state index is -4.37. The molecule has 4 heterocycles. The Morgan fingerprint density at radius 2 is 1.57 bits per heavy atom. The van der Waals surface area contributed by atoms with Crippen molar-refractivity contribution < 1.29 is 27.4 Å². The third kappa shape index (κ3) is 7.31. The lowest BCUT2D eigenvalue weighted by molar-refractivity contribution is -0.134. The van der Waals surface area contributed by atoms with E-state index in [0.717, 1.165) is 83.6 Å². The SMILES string of the molecule is COc1ccc(-c2[nH]c3ccc(C4CCN(CC(=O)N5CCC(N6CCN(C)CC6)CC5)CC4)cc3c2CC(F)(F)F)cc1OC. The lowest BCUT2D eigenvalue weighted by Gasteiger charge is -2.42. The number of rotatable bonds is 8. The molecule has 6 rings (SSSR count). The van der Waals surface area contributed by atoms with Gasteiger partial charge < -0.3 is 24.3 Å². The molecule has 0 radical (unpaired) electrons. The third-order valence-corrected chi connectivity index (χ3v) is 10.3. The van der Waals surface area contributed by atoms with Gasteiger partial charge in [-0.05, 0) is 93.2 Å². The monoisotopic (exact) mass is 641 g/mol. The maximum Gasteiger partial charge on any atom is 0.393 e. The van der Waals surface area contributed by atoms with E-state index < -0.39 is 12.6 Å². The Morgan fingerprint density at radius 1 is 0.870 bits per heavy atom. The molecule has 3 aliphatic rings.